The van der Waals surface area contributed by atoms with Crippen LogP contribution in [0.25, 0.3) is 0 Å². The van der Waals surface area contributed by atoms with Crippen molar-refractivity contribution in [3.8, 4) is 0 Å². The third kappa shape index (κ3) is 4.54. The van der Waals surface area contributed by atoms with Crippen LogP contribution >= 0.6 is 0 Å². The predicted octanol–water partition coefficient (Wildman–Crippen LogP) is 4.36. The molecule has 0 saturated carbocycles. The Labute approximate surface area is 159 Å². The highest BCUT2D eigenvalue weighted by molar-refractivity contribution is 7.92. The molecule has 0 radical (unpaired) electrons. The number of hydrogen-bond donors (Lipinski definition) is 2. The molecule has 0 heterocycles. The first-order valence-corrected chi connectivity index (χ1v) is 9.90. The van der Waals surface area contributed by atoms with Gasteiger partial charge < -0.3 is 5.32 Å². The Hall–Kier alpha value is -3.12. The van der Waals surface area contributed by atoms with Gasteiger partial charge >= 0.3 is 0 Å². The minimum atomic E-state index is -3.67. The number of anilines is 2. The summed E-state index contributed by atoms with van der Waals surface area (Å²) in [6, 6.07) is 20.5. The molecule has 0 aromatic heterocycles. The Morgan fingerprint density at radius 2 is 1.52 bits per heavy atom. The summed E-state index contributed by atoms with van der Waals surface area (Å²) in [5.41, 5.74) is 3.36. The zero-order chi connectivity index (χ0) is 19.4. The molecule has 0 aliphatic heterocycles. The molecular weight excluding hydrogens is 360 g/mol. The van der Waals surface area contributed by atoms with Gasteiger partial charge in [-0.1, -0.05) is 35.9 Å². The molecule has 5 nitrogen and oxygen atoms in total. The third-order valence-electron chi connectivity index (χ3n) is 4.10. The fraction of sp³-hybridized carbons (Fsp3) is 0.0952. The van der Waals surface area contributed by atoms with E-state index < -0.39 is 10.0 Å². The first-order chi connectivity index (χ1) is 12.8. The highest BCUT2D eigenvalue weighted by atomic mass is 32.2. The lowest BCUT2D eigenvalue weighted by molar-refractivity contribution is 0.102. The SMILES string of the molecule is Cc1ccc(NC(=O)c2ccc(NS(=O)(=O)c3ccccc3)c(C)c2)cc1. The van der Waals surface area contributed by atoms with E-state index in [0.717, 1.165) is 5.56 Å². The van der Waals surface area contributed by atoms with Gasteiger partial charge in [-0.25, -0.2) is 8.42 Å². The molecule has 0 saturated heterocycles. The minimum Gasteiger partial charge on any atom is -0.322 e. The quantitative estimate of drug-likeness (QED) is 0.691. The number of aryl methyl sites for hydroxylation is 2. The third-order valence-corrected chi connectivity index (χ3v) is 5.48. The van der Waals surface area contributed by atoms with E-state index in [2.05, 4.69) is 10.0 Å². The van der Waals surface area contributed by atoms with E-state index >= 15 is 0 Å². The number of carbonyl (C=O) groups is 1. The average molecular weight is 380 g/mol. The zero-order valence-electron chi connectivity index (χ0n) is 15.1. The standard InChI is InChI=1S/C21H20N2O3S/c1-15-8-11-18(12-9-15)22-21(24)17-10-13-20(16(2)14-17)23-27(25,26)19-6-4-3-5-7-19/h3-14,23H,1-2H3,(H,22,24). The molecule has 0 spiro atoms. The van der Waals surface area contributed by atoms with Gasteiger partial charge in [-0.3, -0.25) is 9.52 Å². The van der Waals surface area contributed by atoms with Crippen LogP contribution in [0.5, 0.6) is 0 Å². The smallest absolute Gasteiger partial charge is 0.261 e. The summed E-state index contributed by atoms with van der Waals surface area (Å²) in [6.45, 7) is 3.73. The predicted molar refractivity (Wildman–Crippen MR) is 108 cm³/mol. The minimum absolute atomic E-state index is 0.186. The summed E-state index contributed by atoms with van der Waals surface area (Å²) in [5, 5.41) is 2.83. The van der Waals surface area contributed by atoms with E-state index in [4.69, 9.17) is 0 Å². The molecule has 0 fully saturated rings. The van der Waals surface area contributed by atoms with Gasteiger partial charge in [0.25, 0.3) is 15.9 Å². The summed E-state index contributed by atoms with van der Waals surface area (Å²) < 4.78 is 27.5. The van der Waals surface area contributed by atoms with Crippen LogP contribution in [-0.4, -0.2) is 14.3 Å². The van der Waals surface area contributed by atoms with Crippen molar-refractivity contribution in [2.24, 2.45) is 0 Å². The van der Waals surface area contributed by atoms with Crippen LogP contribution in [0.15, 0.2) is 77.7 Å². The van der Waals surface area contributed by atoms with Crippen molar-refractivity contribution in [2.45, 2.75) is 18.7 Å². The van der Waals surface area contributed by atoms with Gasteiger partial charge in [0.2, 0.25) is 0 Å². The normalized spacial score (nSPS) is 11.0. The maximum Gasteiger partial charge on any atom is 0.261 e. The van der Waals surface area contributed by atoms with E-state index in [1.54, 1.807) is 43.3 Å². The van der Waals surface area contributed by atoms with Crippen molar-refractivity contribution >= 4 is 27.3 Å². The molecule has 3 aromatic carbocycles. The van der Waals surface area contributed by atoms with Gasteiger partial charge in [0, 0.05) is 11.3 Å². The van der Waals surface area contributed by atoms with E-state index in [0.29, 0.717) is 22.5 Å². The van der Waals surface area contributed by atoms with Gasteiger partial charge in [-0.05, 0) is 61.9 Å². The van der Waals surface area contributed by atoms with E-state index in [9.17, 15) is 13.2 Å². The van der Waals surface area contributed by atoms with Crippen LogP contribution in [0, 0.1) is 13.8 Å². The van der Waals surface area contributed by atoms with E-state index in [1.165, 1.54) is 12.1 Å². The molecule has 27 heavy (non-hydrogen) atoms. The molecule has 6 heteroatoms. The first-order valence-electron chi connectivity index (χ1n) is 8.42. The van der Waals surface area contributed by atoms with Gasteiger partial charge in [-0.2, -0.15) is 0 Å². The molecule has 138 valence electrons. The second-order valence-electron chi connectivity index (χ2n) is 6.27. The number of rotatable bonds is 5. The van der Waals surface area contributed by atoms with Crippen LogP contribution in [0.1, 0.15) is 21.5 Å². The Kier molecular flexibility index (Phi) is 5.28. The van der Waals surface area contributed by atoms with Crippen LogP contribution in [-0.2, 0) is 10.0 Å². The molecule has 0 bridgehead atoms. The molecule has 3 rings (SSSR count). The Balaban J connectivity index is 1.77. The van der Waals surface area contributed by atoms with Crippen molar-refractivity contribution in [1.82, 2.24) is 0 Å². The molecule has 3 aromatic rings. The van der Waals surface area contributed by atoms with Gasteiger partial charge in [0.15, 0.2) is 0 Å². The van der Waals surface area contributed by atoms with E-state index in [-0.39, 0.29) is 10.8 Å². The molecule has 1 amide bonds. The summed E-state index contributed by atoms with van der Waals surface area (Å²) in [5.74, 6) is -0.251. The fourth-order valence-corrected chi connectivity index (χ4v) is 3.71. The van der Waals surface area contributed by atoms with Crippen LogP contribution in [0.4, 0.5) is 11.4 Å². The summed E-state index contributed by atoms with van der Waals surface area (Å²) in [4.78, 5) is 12.6. The Morgan fingerprint density at radius 1 is 0.852 bits per heavy atom. The van der Waals surface area contributed by atoms with Crippen LogP contribution < -0.4 is 10.0 Å². The lowest BCUT2D eigenvalue weighted by Gasteiger charge is -2.12. The van der Waals surface area contributed by atoms with Gasteiger partial charge in [0.05, 0.1) is 10.6 Å². The average Bonchev–Trinajstić information content (AvgIpc) is 2.66. The Morgan fingerprint density at radius 3 is 2.15 bits per heavy atom. The number of sulfonamides is 1. The monoisotopic (exact) mass is 380 g/mol. The number of hydrogen-bond acceptors (Lipinski definition) is 3. The van der Waals surface area contributed by atoms with Crippen LogP contribution in [0.3, 0.4) is 0 Å². The zero-order valence-corrected chi connectivity index (χ0v) is 15.9. The molecule has 0 aliphatic rings. The highest BCUT2D eigenvalue weighted by Crippen LogP contribution is 2.21. The van der Waals surface area contributed by atoms with Crippen molar-refractivity contribution in [3.05, 3.63) is 89.5 Å². The number of amides is 1. The number of nitrogens with one attached hydrogen (secondary N) is 2. The summed E-state index contributed by atoms with van der Waals surface area (Å²) >= 11 is 0. The summed E-state index contributed by atoms with van der Waals surface area (Å²) in [7, 11) is -3.67. The van der Waals surface area contributed by atoms with E-state index in [1.807, 2.05) is 31.2 Å². The largest absolute Gasteiger partial charge is 0.322 e. The van der Waals surface area contributed by atoms with Crippen molar-refractivity contribution in [3.63, 3.8) is 0 Å². The fourth-order valence-electron chi connectivity index (χ4n) is 2.56. The second-order valence-corrected chi connectivity index (χ2v) is 7.95. The lowest BCUT2D eigenvalue weighted by atomic mass is 10.1. The molecule has 2 N–H and O–H groups in total. The van der Waals surface area contributed by atoms with Crippen molar-refractivity contribution in [2.75, 3.05) is 10.0 Å². The molecule has 0 aliphatic carbocycles. The maximum absolute atomic E-state index is 12.5. The summed E-state index contributed by atoms with van der Waals surface area (Å²) in [6.07, 6.45) is 0. The van der Waals surface area contributed by atoms with Crippen molar-refractivity contribution in [1.29, 1.82) is 0 Å². The lowest BCUT2D eigenvalue weighted by Crippen LogP contribution is -2.15. The van der Waals surface area contributed by atoms with Gasteiger partial charge in [0.1, 0.15) is 0 Å². The number of carbonyl (C=O) groups excluding carboxylic acids is 1. The number of benzene rings is 3. The van der Waals surface area contributed by atoms with Crippen LogP contribution in [0.2, 0.25) is 0 Å². The molecular formula is C21H20N2O3S. The topological polar surface area (TPSA) is 75.3 Å². The first kappa shape index (κ1) is 18.7. The van der Waals surface area contributed by atoms with Crippen molar-refractivity contribution < 1.29 is 13.2 Å². The van der Waals surface area contributed by atoms with Gasteiger partial charge in [-0.15, -0.1) is 0 Å². The Bertz CT molecular complexity index is 1060. The maximum atomic E-state index is 12.5. The highest BCUT2D eigenvalue weighted by Gasteiger charge is 2.15. The molecule has 0 unspecified atom stereocenters. The molecule has 0 atom stereocenters. The second kappa shape index (κ2) is 7.63.